The maximum absolute atomic E-state index is 12.0. The van der Waals surface area contributed by atoms with Crippen LogP contribution < -0.4 is 5.56 Å². The fraction of sp³-hybridized carbons (Fsp3) is 0.0667. The van der Waals surface area contributed by atoms with E-state index >= 15 is 0 Å². The molecule has 0 saturated carbocycles. The molecule has 0 radical (unpaired) electrons. The Labute approximate surface area is 152 Å². The highest BCUT2D eigenvalue weighted by molar-refractivity contribution is 9.10. The Kier molecular flexibility index (Phi) is 4.21. The molecule has 4 rings (SSSR count). The predicted octanol–water partition coefficient (Wildman–Crippen LogP) is 3.86. The van der Waals surface area contributed by atoms with Crippen LogP contribution in [0.25, 0.3) is 16.4 Å². The maximum Gasteiger partial charge on any atom is 0.277 e. The third kappa shape index (κ3) is 3.02. The van der Waals surface area contributed by atoms with Crippen LogP contribution in [0.2, 0.25) is 0 Å². The minimum Gasteiger partial charge on any atom is -0.411 e. The Balaban J connectivity index is 1.54. The maximum atomic E-state index is 12.0. The lowest BCUT2D eigenvalue weighted by Crippen LogP contribution is -2.12. The van der Waals surface area contributed by atoms with E-state index in [0.29, 0.717) is 27.5 Å². The summed E-state index contributed by atoms with van der Waals surface area (Å²) >= 11 is 6.24. The van der Waals surface area contributed by atoms with Crippen molar-refractivity contribution in [2.75, 3.05) is 0 Å². The van der Waals surface area contributed by atoms with Crippen LogP contribution in [0.5, 0.6) is 0 Å². The summed E-state index contributed by atoms with van der Waals surface area (Å²) in [4.78, 5) is 17.1. The summed E-state index contributed by atoms with van der Waals surface area (Å²) in [5, 5.41) is 10.4. The average molecular weight is 421 g/mol. The number of rotatable bonds is 4. The zero-order chi connectivity index (χ0) is 16.5. The molecule has 9 heteroatoms. The van der Waals surface area contributed by atoms with Crippen molar-refractivity contribution in [1.29, 1.82) is 0 Å². The summed E-state index contributed by atoms with van der Waals surface area (Å²) in [7, 11) is 0. The van der Waals surface area contributed by atoms with Gasteiger partial charge in [0.05, 0.1) is 11.3 Å². The molecule has 120 valence electrons. The summed E-state index contributed by atoms with van der Waals surface area (Å²) in [6.45, 7) is 0. The summed E-state index contributed by atoms with van der Waals surface area (Å²) in [5.41, 5.74) is 1.44. The molecule has 0 aliphatic heterocycles. The van der Waals surface area contributed by atoms with Gasteiger partial charge in [-0.2, -0.15) is 0 Å². The van der Waals surface area contributed by atoms with Gasteiger partial charge in [-0.1, -0.05) is 23.9 Å². The second-order valence-corrected chi connectivity index (χ2v) is 7.44. The minimum atomic E-state index is -0.0868. The molecule has 24 heavy (non-hydrogen) atoms. The average Bonchev–Trinajstić information content (AvgIpc) is 3.22. The Morgan fingerprint density at radius 1 is 1.29 bits per heavy atom. The number of fused-ring (bicyclic) bond motifs is 1. The van der Waals surface area contributed by atoms with E-state index in [2.05, 4.69) is 31.1 Å². The molecule has 0 bridgehead atoms. The molecule has 0 aliphatic carbocycles. The van der Waals surface area contributed by atoms with Crippen molar-refractivity contribution in [3.63, 3.8) is 0 Å². The Morgan fingerprint density at radius 2 is 2.17 bits per heavy atom. The van der Waals surface area contributed by atoms with E-state index in [0.717, 1.165) is 10.0 Å². The fourth-order valence-electron chi connectivity index (χ4n) is 2.11. The molecule has 0 atom stereocenters. The number of halogens is 1. The summed E-state index contributed by atoms with van der Waals surface area (Å²) in [6, 6.07) is 9.17. The smallest absolute Gasteiger partial charge is 0.277 e. The second-order valence-electron chi connectivity index (χ2n) is 4.78. The molecule has 6 nitrogen and oxygen atoms in total. The quantitative estimate of drug-likeness (QED) is 0.466. The van der Waals surface area contributed by atoms with E-state index in [-0.39, 0.29) is 5.56 Å². The van der Waals surface area contributed by atoms with Crippen LogP contribution in [0, 0.1) is 0 Å². The van der Waals surface area contributed by atoms with Gasteiger partial charge in [0.1, 0.15) is 0 Å². The molecule has 4 aromatic rings. The largest absolute Gasteiger partial charge is 0.411 e. The third-order valence-electron chi connectivity index (χ3n) is 3.21. The van der Waals surface area contributed by atoms with Gasteiger partial charge in [-0.15, -0.1) is 21.5 Å². The molecule has 0 N–H and O–H groups in total. The van der Waals surface area contributed by atoms with E-state index in [4.69, 9.17) is 4.42 Å². The van der Waals surface area contributed by atoms with Gasteiger partial charge < -0.3 is 4.42 Å². The van der Waals surface area contributed by atoms with E-state index in [9.17, 15) is 4.79 Å². The molecule has 3 heterocycles. The lowest BCUT2D eigenvalue weighted by molar-refractivity contribution is 0.465. The summed E-state index contributed by atoms with van der Waals surface area (Å²) in [6.07, 6.45) is 1.72. The highest BCUT2D eigenvalue weighted by Gasteiger charge is 2.12. The molecule has 0 aliphatic rings. The predicted molar refractivity (Wildman–Crippen MR) is 96.3 cm³/mol. The lowest BCUT2D eigenvalue weighted by atomic mass is 10.2. The fourth-order valence-corrected chi connectivity index (χ4v) is 3.96. The van der Waals surface area contributed by atoms with E-state index < -0.39 is 0 Å². The number of hydrogen-bond donors (Lipinski definition) is 0. The molecule has 0 saturated heterocycles. The normalized spacial score (nSPS) is 11.2. The van der Waals surface area contributed by atoms with Gasteiger partial charge in [0.2, 0.25) is 5.89 Å². The first kappa shape index (κ1) is 15.6. The summed E-state index contributed by atoms with van der Waals surface area (Å²) in [5.74, 6) is 0.938. The minimum absolute atomic E-state index is 0.0868. The van der Waals surface area contributed by atoms with Crippen molar-refractivity contribution >= 4 is 44.0 Å². The van der Waals surface area contributed by atoms with Crippen molar-refractivity contribution in [3.05, 3.63) is 62.4 Å². The highest BCUT2D eigenvalue weighted by Crippen LogP contribution is 2.29. The van der Waals surface area contributed by atoms with Crippen LogP contribution in [-0.4, -0.2) is 19.6 Å². The van der Waals surface area contributed by atoms with Crippen molar-refractivity contribution in [2.24, 2.45) is 0 Å². The first-order chi connectivity index (χ1) is 11.7. The number of thiazole rings is 1. The molecule has 3 aromatic heterocycles. The Morgan fingerprint density at radius 3 is 3.04 bits per heavy atom. The number of benzene rings is 1. The van der Waals surface area contributed by atoms with Gasteiger partial charge in [-0.05, 0) is 28.1 Å². The number of hydrogen-bond acceptors (Lipinski definition) is 7. The first-order valence-corrected chi connectivity index (χ1v) is 9.53. The molecular formula is C15H9BrN4O2S2. The van der Waals surface area contributed by atoms with Gasteiger partial charge in [-0.25, -0.2) is 4.98 Å². The highest BCUT2D eigenvalue weighted by atomic mass is 79.9. The molecular weight excluding hydrogens is 412 g/mol. The molecule has 0 amide bonds. The van der Waals surface area contributed by atoms with Crippen LogP contribution >= 0.6 is 39.0 Å². The zero-order valence-corrected chi connectivity index (χ0v) is 15.3. The van der Waals surface area contributed by atoms with Gasteiger partial charge in [0, 0.05) is 27.9 Å². The molecule has 0 fully saturated rings. The monoisotopic (exact) mass is 420 g/mol. The second kappa shape index (κ2) is 6.50. The standard InChI is InChI=1S/C15H9BrN4O2S2/c16-11-4-2-1-3-10(11)13-18-19-15(22-13)24-8-9-7-12(21)20-5-6-23-14(20)17-9/h1-7H,8H2. The topological polar surface area (TPSA) is 73.3 Å². The van der Waals surface area contributed by atoms with Crippen molar-refractivity contribution in [3.8, 4) is 11.5 Å². The van der Waals surface area contributed by atoms with Crippen molar-refractivity contribution < 1.29 is 4.42 Å². The lowest BCUT2D eigenvalue weighted by Gasteiger charge is -1.99. The van der Waals surface area contributed by atoms with E-state index in [1.54, 1.807) is 6.20 Å². The van der Waals surface area contributed by atoms with E-state index in [1.807, 2.05) is 29.6 Å². The van der Waals surface area contributed by atoms with E-state index in [1.165, 1.54) is 33.6 Å². The van der Waals surface area contributed by atoms with Gasteiger partial charge in [0.15, 0.2) is 4.96 Å². The Bertz CT molecular complexity index is 1070. The van der Waals surface area contributed by atoms with Gasteiger partial charge in [-0.3, -0.25) is 9.20 Å². The zero-order valence-electron chi connectivity index (χ0n) is 12.0. The first-order valence-electron chi connectivity index (χ1n) is 6.88. The van der Waals surface area contributed by atoms with Gasteiger partial charge >= 0.3 is 0 Å². The van der Waals surface area contributed by atoms with Crippen molar-refractivity contribution in [2.45, 2.75) is 11.0 Å². The van der Waals surface area contributed by atoms with Crippen LogP contribution in [0.1, 0.15) is 5.69 Å². The number of nitrogens with zero attached hydrogens (tertiary/aromatic N) is 4. The SMILES string of the molecule is O=c1cc(CSc2nnc(-c3ccccc3Br)o2)nc2sccn12. The van der Waals surface area contributed by atoms with Crippen LogP contribution in [0.4, 0.5) is 0 Å². The van der Waals surface area contributed by atoms with Crippen LogP contribution in [0.3, 0.4) is 0 Å². The number of thioether (sulfide) groups is 1. The Hall–Kier alpha value is -1.97. The van der Waals surface area contributed by atoms with Crippen molar-refractivity contribution in [1.82, 2.24) is 19.6 Å². The van der Waals surface area contributed by atoms with Crippen LogP contribution in [-0.2, 0) is 5.75 Å². The van der Waals surface area contributed by atoms with Gasteiger partial charge in [0.25, 0.3) is 10.8 Å². The number of aromatic nitrogens is 4. The molecule has 0 spiro atoms. The molecule has 1 aromatic carbocycles. The molecule has 0 unspecified atom stereocenters. The summed E-state index contributed by atoms with van der Waals surface area (Å²) < 4.78 is 8.09. The third-order valence-corrected chi connectivity index (χ3v) is 5.51. The van der Waals surface area contributed by atoms with Crippen LogP contribution in [0.15, 0.2) is 60.8 Å².